The van der Waals surface area contributed by atoms with Gasteiger partial charge in [0.1, 0.15) is 5.82 Å². The molecule has 2 rings (SSSR count). The normalized spacial score (nSPS) is 13.3. The summed E-state index contributed by atoms with van der Waals surface area (Å²) in [4.78, 5) is 7.98. The van der Waals surface area contributed by atoms with Crippen molar-refractivity contribution in [3.8, 4) is 0 Å². The Kier molecular flexibility index (Phi) is 5.05. The predicted molar refractivity (Wildman–Crippen MR) is 81.7 cm³/mol. The molecule has 2 heterocycles. The maximum absolute atomic E-state index is 5.22. The van der Waals surface area contributed by atoms with E-state index in [4.69, 9.17) is 4.42 Å². The highest BCUT2D eigenvalue weighted by Gasteiger charge is 2.17. The van der Waals surface area contributed by atoms with Gasteiger partial charge in [0.15, 0.2) is 0 Å². The van der Waals surface area contributed by atoms with Crippen molar-refractivity contribution in [2.24, 2.45) is 11.8 Å². The third-order valence-electron chi connectivity index (χ3n) is 3.77. The average molecular weight is 274 g/mol. The molecule has 0 fully saturated rings. The molecule has 0 aliphatic rings. The lowest BCUT2D eigenvalue weighted by atomic mass is 9.86. The molecule has 0 saturated heterocycles. The van der Waals surface area contributed by atoms with Gasteiger partial charge < -0.3 is 9.40 Å². The van der Waals surface area contributed by atoms with E-state index in [0.717, 1.165) is 25.1 Å². The highest BCUT2D eigenvalue weighted by atomic mass is 16.3. The quantitative estimate of drug-likeness (QED) is 0.803. The van der Waals surface area contributed by atoms with Gasteiger partial charge in [-0.05, 0) is 42.2 Å². The zero-order valence-corrected chi connectivity index (χ0v) is 13.0. The zero-order valence-electron chi connectivity index (χ0n) is 13.0. The van der Waals surface area contributed by atoms with E-state index in [-0.39, 0.29) is 0 Å². The van der Waals surface area contributed by atoms with Gasteiger partial charge in [0.2, 0.25) is 0 Å². The molecule has 0 aromatic carbocycles. The first-order valence-electron chi connectivity index (χ1n) is 7.61. The minimum Gasteiger partial charge on any atom is -0.472 e. The fourth-order valence-electron chi connectivity index (χ4n) is 2.70. The van der Waals surface area contributed by atoms with Crippen LogP contribution in [0.2, 0.25) is 0 Å². The van der Waals surface area contributed by atoms with Crippen LogP contribution in [-0.2, 0) is 12.8 Å². The van der Waals surface area contributed by atoms with Crippen molar-refractivity contribution in [2.45, 2.75) is 52.9 Å². The summed E-state index contributed by atoms with van der Waals surface area (Å²) in [7, 11) is 0. The summed E-state index contributed by atoms with van der Waals surface area (Å²) in [5, 5.41) is 0. The second-order valence-electron chi connectivity index (χ2n) is 6.38. The van der Waals surface area contributed by atoms with E-state index in [1.54, 1.807) is 6.26 Å². The van der Waals surface area contributed by atoms with Crippen molar-refractivity contribution in [2.75, 3.05) is 0 Å². The molecule has 20 heavy (non-hydrogen) atoms. The van der Waals surface area contributed by atoms with Crippen molar-refractivity contribution in [1.82, 2.24) is 9.97 Å². The summed E-state index contributed by atoms with van der Waals surface area (Å²) in [6.45, 7) is 8.98. The number of nitrogens with one attached hydrogen (secondary N) is 1. The number of nitrogens with zero attached hydrogens (tertiary/aromatic N) is 1. The Bertz CT molecular complexity index is 497. The van der Waals surface area contributed by atoms with Crippen molar-refractivity contribution in [3.05, 3.63) is 41.9 Å². The van der Waals surface area contributed by atoms with Crippen LogP contribution < -0.4 is 0 Å². The van der Waals surface area contributed by atoms with Gasteiger partial charge in [-0.1, -0.05) is 27.7 Å². The van der Waals surface area contributed by atoms with Gasteiger partial charge >= 0.3 is 0 Å². The van der Waals surface area contributed by atoms with Gasteiger partial charge in [0, 0.05) is 12.6 Å². The SMILES string of the molecule is CC(C)Cc1nc(CCC(c2ccoc2)C(C)C)c[nH]1. The minimum absolute atomic E-state index is 0.541. The number of rotatable bonds is 7. The Hall–Kier alpha value is -1.51. The standard InChI is InChI=1S/C17H26N2O/c1-12(2)9-17-18-10-15(19-17)5-6-16(13(3)4)14-7-8-20-11-14/h7-8,10-13,16H,5-6,9H2,1-4H3,(H,18,19). The molecule has 0 aliphatic heterocycles. The molecule has 3 heteroatoms. The summed E-state index contributed by atoms with van der Waals surface area (Å²) in [5.74, 6) is 2.91. The van der Waals surface area contributed by atoms with Gasteiger partial charge in [-0.15, -0.1) is 0 Å². The predicted octanol–water partition coefficient (Wildman–Crippen LogP) is 4.57. The Morgan fingerprint density at radius 2 is 2.05 bits per heavy atom. The van der Waals surface area contributed by atoms with E-state index in [1.807, 2.05) is 6.26 Å². The van der Waals surface area contributed by atoms with Crippen LogP contribution in [0.5, 0.6) is 0 Å². The number of hydrogen-bond acceptors (Lipinski definition) is 2. The Balaban J connectivity index is 1.94. The monoisotopic (exact) mass is 274 g/mol. The molecule has 2 aromatic heterocycles. The second kappa shape index (κ2) is 6.78. The van der Waals surface area contributed by atoms with Crippen LogP contribution in [0, 0.1) is 11.8 Å². The summed E-state index contributed by atoms with van der Waals surface area (Å²) < 4.78 is 5.22. The van der Waals surface area contributed by atoms with Crippen LogP contribution in [0.15, 0.2) is 29.2 Å². The molecule has 0 bridgehead atoms. The first-order chi connectivity index (χ1) is 9.56. The van der Waals surface area contributed by atoms with E-state index >= 15 is 0 Å². The van der Waals surface area contributed by atoms with Crippen LogP contribution in [0.1, 0.15) is 57.1 Å². The van der Waals surface area contributed by atoms with Crippen LogP contribution in [0.25, 0.3) is 0 Å². The number of imidazole rings is 1. The molecule has 1 atom stereocenters. The van der Waals surface area contributed by atoms with Gasteiger partial charge in [-0.25, -0.2) is 4.98 Å². The molecule has 0 radical (unpaired) electrons. The Morgan fingerprint density at radius 3 is 2.65 bits per heavy atom. The van der Waals surface area contributed by atoms with E-state index < -0.39 is 0 Å². The molecule has 0 amide bonds. The van der Waals surface area contributed by atoms with Gasteiger partial charge in [0.05, 0.1) is 18.2 Å². The molecule has 0 aliphatic carbocycles. The van der Waals surface area contributed by atoms with Crippen LogP contribution in [0.4, 0.5) is 0 Å². The van der Waals surface area contributed by atoms with Gasteiger partial charge in [-0.3, -0.25) is 0 Å². The highest BCUT2D eigenvalue weighted by molar-refractivity contribution is 5.14. The average Bonchev–Trinajstić information content (AvgIpc) is 3.00. The largest absolute Gasteiger partial charge is 0.472 e. The molecular formula is C17H26N2O. The zero-order chi connectivity index (χ0) is 14.5. The fraction of sp³-hybridized carbons (Fsp3) is 0.588. The lowest BCUT2D eigenvalue weighted by Crippen LogP contribution is -2.07. The van der Waals surface area contributed by atoms with Gasteiger partial charge in [-0.2, -0.15) is 0 Å². The van der Waals surface area contributed by atoms with E-state index in [0.29, 0.717) is 17.8 Å². The molecule has 3 nitrogen and oxygen atoms in total. The first kappa shape index (κ1) is 14.9. The lowest BCUT2D eigenvalue weighted by Gasteiger charge is -2.18. The summed E-state index contributed by atoms with van der Waals surface area (Å²) in [5.41, 5.74) is 2.48. The van der Waals surface area contributed by atoms with E-state index in [2.05, 4.69) is 49.9 Å². The maximum atomic E-state index is 5.22. The third-order valence-corrected chi connectivity index (χ3v) is 3.77. The molecule has 110 valence electrons. The summed E-state index contributed by atoms with van der Waals surface area (Å²) in [6.07, 6.45) is 8.85. The first-order valence-corrected chi connectivity index (χ1v) is 7.61. The lowest BCUT2D eigenvalue weighted by molar-refractivity contribution is 0.459. The van der Waals surface area contributed by atoms with Crippen molar-refractivity contribution >= 4 is 0 Å². The molecule has 0 spiro atoms. The summed E-state index contributed by atoms with van der Waals surface area (Å²) >= 11 is 0. The highest BCUT2D eigenvalue weighted by Crippen LogP contribution is 2.29. The number of aromatic nitrogens is 2. The number of aromatic amines is 1. The fourth-order valence-corrected chi connectivity index (χ4v) is 2.70. The van der Waals surface area contributed by atoms with E-state index in [1.165, 1.54) is 11.3 Å². The molecule has 0 saturated carbocycles. The van der Waals surface area contributed by atoms with Crippen LogP contribution >= 0.6 is 0 Å². The van der Waals surface area contributed by atoms with Gasteiger partial charge in [0.25, 0.3) is 0 Å². The number of aryl methyl sites for hydroxylation is 1. The van der Waals surface area contributed by atoms with Crippen molar-refractivity contribution < 1.29 is 4.42 Å². The Morgan fingerprint density at radius 1 is 1.25 bits per heavy atom. The molecule has 1 N–H and O–H groups in total. The maximum Gasteiger partial charge on any atom is 0.106 e. The minimum atomic E-state index is 0.541. The number of H-pyrrole nitrogens is 1. The third kappa shape index (κ3) is 3.99. The van der Waals surface area contributed by atoms with E-state index in [9.17, 15) is 0 Å². The molecular weight excluding hydrogens is 248 g/mol. The summed E-state index contributed by atoms with van der Waals surface area (Å²) in [6, 6.07) is 2.08. The van der Waals surface area contributed by atoms with Crippen molar-refractivity contribution in [1.29, 1.82) is 0 Å². The number of hydrogen-bond donors (Lipinski definition) is 1. The van der Waals surface area contributed by atoms with Crippen LogP contribution in [0.3, 0.4) is 0 Å². The van der Waals surface area contributed by atoms with Crippen molar-refractivity contribution in [3.63, 3.8) is 0 Å². The van der Waals surface area contributed by atoms with Crippen LogP contribution in [-0.4, -0.2) is 9.97 Å². The topological polar surface area (TPSA) is 41.8 Å². The molecule has 1 unspecified atom stereocenters. The second-order valence-corrected chi connectivity index (χ2v) is 6.38. The Labute approximate surface area is 121 Å². The molecule has 2 aromatic rings. The smallest absolute Gasteiger partial charge is 0.106 e. The number of furan rings is 1.